The fourth-order valence-corrected chi connectivity index (χ4v) is 2.54. The highest BCUT2D eigenvalue weighted by molar-refractivity contribution is 5.33. The lowest BCUT2D eigenvalue weighted by atomic mass is 9.77. The third-order valence-corrected chi connectivity index (χ3v) is 3.56. The minimum absolute atomic E-state index is 0.167. The molecule has 0 heterocycles. The van der Waals surface area contributed by atoms with Gasteiger partial charge in [-0.25, -0.2) is 19.6 Å². The van der Waals surface area contributed by atoms with Crippen LogP contribution in [0.5, 0.6) is 0 Å². The van der Waals surface area contributed by atoms with Crippen LogP contribution in [-0.2, 0) is 9.59 Å². The van der Waals surface area contributed by atoms with Gasteiger partial charge in [-0.15, -0.1) is 0 Å². The van der Waals surface area contributed by atoms with Crippen molar-refractivity contribution in [1.29, 1.82) is 0 Å². The Morgan fingerprint density at radius 1 is 1.19 bits per heavy atom. The Labute approximate surface area is 95.9 Å². The monoisotopic (exact) mass is 222 g/mol. The van der Waals surface area contributed by atoms with E-state index in [0.717, 1.165) is 32.1 Å². The summed E-state index contributed by atoms with van der Waals surface area (Å²) in [4.78, 5) is 27.7. The van der Waals surface area contributed by atoms with Crippen LogP contribution in [0.25, 0.3) is 0 Å². The van der Waals surface area contributed by atoms with Crippen LogP contribution in [0.2, 0.25) is 0 Å². The smallest absolute Gasteiger partial charge is 0.211 e. The molecule has 0 aromatic heterocycles. The molecule has 0 bridgehead atoms. The molecule has 1 atom stereocenters. The van der Waals surface area contributed by atoms with Crippen molar-refractivity contribution in [3.63, 3.8) is 0 Å². The van der Waals surface area contributed by atoms with Crippen molar-refractivity contribution in [2.75, 3.05) is 6.54 Å². The third kappa shape index (κ3) is 3.73. The largest absolute Gasteiger partial charge is 0.235 e. The second kappa shape index (κ2) is 7.10. The minimum Gasteiger partial charge on any atom is -0.211 e. The van der Waals surface area contributed by atoms with Gasteiger partial charge in [0.15, 0.2) is 0 Å². The molecule has 1 fully saturated rings. The predicted octanol–water partition coefficient (Wildman–Crippen LogP) is 2.24. The topological polar surface area (TPSA) is 58.9 Å². The van der Waals surface area contributed by atoms with Gasteiger partial charge in [0.1, 0.15) is 0 Å². The first kappa shape index (κ1) is 12.8. The molecule has 0 spiro atoms. The molecule has 1 aliphatic rings. The van der Waals surface area contributed by atoms with E-state index in [2.05, 4.69) is 16.9 Å². The Bertz CT molecular complexity index is 296. The molecule has 16 heavy (non-hydrogen) atoms. The quantitative estimate of drug-likeness (QED) is 0.529. The molecule has 0 radical (unpaired) electrons. The molecule has 0 saturated heterocycles. The zero-order valence-electron chi connectivity index (χ0n) is 9.69. The number of carbonyl (C=O) groups excluding carboxylic acids is 2. The lowest BCUT2D eigenvalue weighted by Gasteiger charge is -2.30. The summed E-state index contributed by atoms with van der Waals surface area (Å²) < 4.78 is 0. The molecule has 1 rings (SSSR count). The van der Waals surface area contributed by atoms with Gasteiger partial charge in [-0.05, 0) is 37.5 Å². The number of rotatable bonds is 5. The van der Waals surface area contributed by atoms with E-state index < -0.39 is 0 Å². The number of hydrogen-bond acceptors (Lipinski definition) is 4. The second-order valence-corrected chi connectivity index (χ2v) is 4.39. The molecule has 0 aliphatic heterocycles. The van der Waals surface area contributed by atoms with Gasteiger partial charge in [-0.1, -0.05) is 13.3 Å². The highest BCUT2D eigenvalue weighted by atomic mass is 16.1. The number of isocyanates is 2. The van der Waals surface area contributed by atoms with E-state index in [1.165, 1.54) is 0 Å². The first-order valence-electron chi connectivity index (χ1n) is 5.92. The molecule has 4 nitrogen and oxygen atoms in total. The summed E-state index contributed by atoms with van der Waals surface area (Å²) in [5, 5.41) is 0. The molecular formula is C12H18N2O2. The van der Waals surface area contributed by atoms with Crippen molar-refractivity contribution >= 4 is 12.2 Å². The van der Waals surface area contributed by atoms with Crippen molar-refractivity contribution in [2.24, 2.45) is 21.8 Å². The van der Waals surface area contributed by atoms with Crippen LogP contribution in [-0.4, -0.2) is 24.7 Å². The molecular weight excluding hydrogens is 204 g/mol. The minimum atomic E-state index is 0.167. The van der Waals surface area contributed by atoms with E-state index in [9.17, 15) is 9.59 Å². The molecule has 88 valence electrons. The van der Waals surface area contributed by atoms with E-state index in [0.29, 0.717) is 18.4 Å². The number of hydrogen-bond donors (Lipinski definition) is 0. The van der Waals surface area contributed by atoms with Crippen LogP contribution < -0.4 is 0 Å². The summed E-state index contributed by atoms with van der Waals surface area (Å²) in [7, 11) is 0. The third-order valence-electron chi connectivity index (χ3n) is 3.56. The van der Waals surface area contributed by atoms with E-state index >= 15 is 0 Å². The average Bonchev–Trinajstić information content (AvgIpc) is 2.32. The highest BCUT2D eigenvalue weighted by Crippen LogP contribution is 2.33. The Morgan fingerprint density at radius 2 is 1.88 bits per heavy atom. The zero-order valence-corrected chi connectivity index (χ0v) is 9.69. The summed E-state index contributed by atoms with van der Waals surface area (Å²) in [6.45, 7) is 2.72. The van der Waals surface area contributed by atoms with Crippen LogP contribution >= 0.6 is 0 Å². The first-order valence-corrected chi connectivity index (χ1v) is 5.92. The maximum atomic E-state index is 10.1. The normalized spacial score (nSPS) is 26.3. The van der Waals surface area contributed by atoms with Crippen LogP contribution in [0.3, 0.4) is 0 Å². The van der Waals surface area contributed by atoms with Crippen LogP contribution in [0.15, 0.2) is 9.98 Å². The van der Waals surface area contributed by atoms with Gasteiger partial charge in [0.25, 0.3) is 0 Å². The van der Waals surface area contributed by atoms with Crippen molar-refractivity contribution in [1.82, 2.24) is 0 Å². The van der Waals surface area contributed by atoms with Gasteiger partial charge in [0.2, 0.25) is 12.2 Å². The second-order valence-electron chi connectivity index (χ2n) is 4.39. The number of aliphatic imine (C=N–C) groups is 2. The molecule has 0 N–H and O–H groups in total. The summed E-state index contributed by atoms with van der Waals surface area (Å²) in [6, 6.07) is 0.167. The lowest BCUT2D eigenvalue weighted by molar-refractivity contribution is 0.233. The van der Waals surface area contributed by atoms with Gasteiger partial charge in [0, 0.05) is 0 Å². The SMILES string of the molecule is CCC(CN=C=O)C1CCC(N=C=O)CC1. The maximum Gasteiger partial charge on any atom is 0.235 e. The van der Waals surface area contributed by atoms with Crippen LogP contribution in [0, 0.1) is 11.8 Å². The van der Waals surface area contributed by atoms with Gasteiger partial charge >= 0.3 is 0 Å². The fourth-order valence-electron chi connectivity index (χ4n) is 2.54. The molecule has 0 aromatic rings. The molecule has 0 aromatic carbocycles. The summed E-state index contributed by atoms with van der Waals surface area (Å²) in [5.41, 5.74) is 0. The fraction of sp³-hybridized carbons (Fsp3) is 0.833. The molecule has 1 aliphatic carbocycles. The molecule has 4 heteroatoms. The summed E-state index contributed by atoms with van der Waals surface area (Å²) in [6.07, 6.45) is 8.34. The van der Waals surface area contributed by atoms with Crippen molar-refractivity contribution < 1.29 is 9.59 Å². The van der Waals surface area contributed by atoms with Gasteiger partial charge < -0.3 is 0 Å². The van der Waals surface area contributed by atoms with E-state index in [1.807, 2.05) is 0 Å². The van der Waals surface area contributed by atoms with Crippen LogP contribution in [0.1, 0.15) is 39.0 Å². The average molecular weight is 222 g/mol. The highest BCUT2D eigenvalue weighted by Gasteiger charge is 2.26. The predicted molar refractivity (Wildman–Crippen MR) is 60.6 cm³/mol. The van der Waals surface area contributed by atoms with E-state index in [4.69, 9.17) is 0 Å². The van der Waals surface area contributed by atoms with Gasteiger partial charge in [-0.2, -0.15) is 0 Å². The molecule has 0 amide bonds. The lowest BCUT2D eigenvalue weighted by Crippen LogP contribution is -2.24. The molecule has 1 saturated carbocycles. The Hall–Kier alpha value is -1.24. The van der Waals surface area contributed by atoms with Crippen LogP contribution in [0.4, 0.5) is 0 Å². The molecule has 1 unspecified atom stereocenters. The maximum absolute atomic E-state index is 10.1. The Balaban J connectivity index is 2.44. The zero-order chi connectivity index (χ0) is 11.8. The summed E-state index contributed by atoms with van der Waals surface area (Å²) >= 11 is 0. The van der Waals surface area contributed by atoms with Gasteiger partial charge in [-0.3, -0.25) is 0 Å². The summed E-state index contributed by atoms with van der Waals surface area (Å²) in [5.74, 6) is 1.09. The Kier molecular flexibility index (Phi) is 5.69. The van der Waals surface area contributed by atoms with E-state index in [1.54, 1.807) is 12.2 Å². The van der Waals surface area contributed by atoms with E-state index in [-0.39, 0.29) is 6.04 Å². The van der Waals surface area contributed by atoms with Gasteiger partial charge in [0.05, 0.1) is 12.6 Å². The first-order chi connectivity index (χ1) is 7.81. The van der Waals surface area contributed by atoms with Crippen molar-refractivity contribution in [2.45, 2.75) is 45.1 Å². The Morgan fingerprint density at radius 3 is 2.38 bits per heavy atom. The van der Waals surface area contributed by atoms with Crippen molar-refractivity contribution in [3.05, 3.63) is 0 Å². The standard InChI is InChI=1S/C12H18N2O2/c1-2-10(7-13-8-15)11-3-5-12(6-4-11)14-9-16/h10-12H,2-7H2,1H3. The number of nitrogens with zero attached hydrogens (tertiary/aromatic N) is 2. The van der Waals surface area contributed by atoms with Crippen molar-refractivity contribution in [3.8, 4) is 0 Å².